The summed E-state index contributed by atoms with van der Waals surface area (Å²) in [5.41, 5.74) is 21.0. The van der Waals surface area contributed by atoms with Crippen molar-refractivity contribution in [2.45, 2.75) is 6.92 Å². The fraction of sp³-hybridized carbons (Fsp3) is 0.0278. The van der Waals surface area contributed by atoms with Gasteiger partial charge >= 0.3 is 0 Å². The second-order valence-corrected chi connectivity index (χ2v) is 21.0. The molecule has 6 aromatic heterocycles. The van der Waals surface area contributed by atoms with Crippen LogP contribution in [0.3, 0.4) is 0 Å². The van der Waals surface area contributed by atoms with E-state index in [1.165, 1.54) is 59.7 Å². The molecule has 0 amide bonds. The maximum absolute atomic E-state index is 6.11. The van der Waals surface area contributed by atoms with Crippen molar-refractivity contribution < 1.29 is 29.3 Å². The first kappa shape index (κ1) is 49.6. The van der Waals surface area contributed by atoms with Gasteiger partial charge in [-0.1, -0.05) is 137 Å². The molecule has 9 heteroatoms. The number of para-hydroxylation sites is 3. The molecule has 7 nitrogen and oxygen atoms in total. The Kier molecular flexibility index (Phi) is 12.6. The van der Waals surface area contributed by atoms with Gasteiger partial charge in [0.15, 0.2) is 0 Å². The van der Waals surface area contributed by atoms with Crippen molar-refractivity contribution in [3.63, 3.8) is 0 Å². The maximum atomic E-state index is 6.11. The number of methoxy groups -OCH3 is 1. The maximum Gasteiger partial charge on any atom is 0.135 e. The van der Waals surface area contributed by atoms with Crippen molar-refractivity contribution in [2.24, 2.45) is 0 Å². The predicted molar refractivity (Wildman–Crippen MR) is 329 cm³/mol. The number of rotatable bonds is 8. The number of hydrogen-bond acceptors (Lipinski definition) is 5. The van der Waals surface area contributed by atoms with E-state index in [0.29, 0.717) is 0 Å². The van der Waals surface area contributed by atoms with Crippen LogP contribution in [0.1, 0.15) is 5.56 Å². The van der Waals surface area contributed by atoms with Gasteiger partial charge in [-0.2, -0.15) is 35.4 Å². The first-order valence-corrected chi connectivity index (χ1v) is 27.5. The van der Waals surface area contributed by atoms with Gasteiger partial charge in [-0.25, -0.2) is 11.3 Å². The van der Waals surface area contributed by atoms with Crippen molar-refractivity contribution in [1.82, 2.24) is 23.7 Å². The van der Waals surface area contributed by atoms with Crippen LogP contribution < -0.4 is 4.74 Å². The third kappa shape index (κ3) is 8.71. The number of pyridine rings is 1. The van der Waals surface area contributed by atoms with Crippen LogP contribution in [0, 0.1) is 19.1 Å². The molecule has 16 aromatic rings. The Bertz CT molecular complexity index is 5010. The summed E-state index contributed by atoms with van der Waals surface area (Å²) >= 11 is 1.73. The van der Waals surface area contributed by atoms with E-state index in [-0.39, 0.29) is 20.1 Å². The van der Waals surface area contributed by atoms with Gasteiger partial charge in [0, 0.05) is 93.8 Å². The smallest absolute Gasteiger partial charge is 0.135 e. The van der Waals surface area contributed by atoms with E-state index in [1.54, 1.807) is 18.4 Å². The number of nitrogens with zero attached hydrogens (tertiary/aromatic N) is 5. The first-order valence-electron chi connectivity index (χ1n) is 26.6. The molecule has 0 spiro atoms. The molecule has 0 unspecified atom stereocenters. The predicted octanol–water partition coefficient (Wildman–Crippen LogP) is 18.8. The number of hydrogen-bond donors (Lipinski definition) is 0. The molecule has 0 N–H and O–H groups in total. The molecule has 6 heterocycles. The third-order valence-corrected chi connectivity index (χ3v) is 16.3. The zero-order valence-corrected chi connectivity index (χ0v) is 47.2. The van der Waals surface area contributed by atoms with Crippen LogP contribution in [0.25, 0.3) is 137 Å². The minimum Gasteiger partial charge on any atom is -0.495 e. The second-order valence-electron chi connectivity index (χ2n) is 20.1. The number of imidazole rings is 1. The van der Waals surface area contributed by atoms with E-state index in [1.807, 2.05) is 77.3 Å². The summed E-state index contributed by atoms with van der Waals surface area (Å²) in [5, 5.41) is 13.6. The van der Waals surface area contributed by atoms with Crippen molar-refractivity contribution in [3.8, 4) is 72.8 Å². The summed E-state index contributed by atoms with van der Waals surface area (Å²) in [4.78, 5) is 4.61. The molecule has 10 aromatic carbocycles. The Balaban J connectivity index is 0.000000156. The molecule has 0 bridgehead atoms. The fourth-order valence-electron chi connectivity index (χ4n) is 11.6. The number of aryl methyl sites for hydroxylation is 1. The largest absolute Gasteiger partial charge is 0.495 e. The zero-order valence-electron chi connectivity index (χ0n) is 44.0. The third-order valence-electron chi connectivity index (χ3n) is 15.4. The molecule has 0 aliphatic rings. The zero-order chi connectivity index (χ0) is 53.3. The number of thiophene rings is 1. The van der Waals surface area contributed by atoms with Gasteiger partial charge in [-0.3, -0.25) is 4.68 Å². The van der Waals surface area contributed by atoms with Gasteiger partial charge in [0.25, 0.3) is 0 Å². The van der Waals surface area contributed by atoms with Crippen molar-refractivity contribution >= 4 is 81.7 Å². The Hall–Kier alpha value is -9.63. The van der Waals surface area contributed by atoms with E-state index >= 15 is 0 Å². The van der Waals surface area contributed by atoms with Gasteiger partial charge < -0.3 is 23.1 Å². The molecule has 0 atom stereocenters. The molecule has 1 radical (unpaired) electrons. The number of ether oxygens (including phenoxy) is 1. The Labute approximate surface area is 484 Å². The van der Waals surface area contributed by atoms with Gasteiger partial charge in [0.2, 0.25) is 0 Å². The number of furan rings is 1. The van der Waals surface area contributed by atoms with E-state index < -0.39 is 0 Å². The SMILES string of the molecule is COc1c(-c2ccccc2)cc(C)cc1-c1ccc(-c2cnn(-c3[c-]cccc3)c2)cc1.[Ir].[c-]1csc2c1c1nccn1c1ccc(-c3cccc(-n4c5ccccc5c5cc(-c6ccc7oc8ccccc8c7c6)ccc54)c3)cc21. The Morgan fingerprint density at radius 1 is 0.519 bits per heavy atom. The average molecular weight is 1240 g/mol. The monoisotopic (exact) mass is 1240 g/mol. The van der Waals surface area contributed by atoms with Gasteiger partial charge in [-0.05, 0) is 129 Å². The van der Waals surface area contributed by atoms with Crippen LogP contribution in [0.2, 0.25) is 0 Å². The van der Waals surface area contributed by atoms with Crippen molar-refractivity contribution in [2.75, 3.05) is 7.11 Å². The summed E-state index contributed by atoms with van der Waals surface area (Å²) in [6.45, 7) is 2.12. The molecule has 0 aliphatic heterocycles. The number of fused-ring (bicyclic) bond motifs is 12. The summed E-state index contributed by atoms with van der Waals surface area (Å²) in [7, 11) is 1.74. The minimum absolute atomic E-state index is 0. The molecule has 0 aliphatic carbocycles. The van der Waals surface area contributed by atoms with Crippen LogP contribution >= 0.6 is 11.3 Å². The van der Waals surface area contributed by atoms with E-state index in [0.717, 1.165) is 89.0 Å². The fourth-order valence-corrected chi connectivity index (χ4v) is 12.5. The Morgan fingerprint density at radius 2 is 1.16 bits per heavy atom. The van der Waals surface area contributed by atoms with Crippen molar-refractivity contribution in [3.05, 3.63) is 266 Å². The molecule has 0 saturated carbocycles. The quantitative estimate of drug-likeness (QED) is 0.142. The van der Waals surface area contributed by atoms with E-state index in [4.69, 9.17) is 9.15 Å². The summed E-state index contributed by atoms with van der Waals surface area (Å²) in [6.07, 6.45) is 7.82. The normalized spacial score (nSPS) is 11.5. The van der Waals surface area contributed by atoms with E-state index in [9.17, 15) is 0 Å². The van der Waals surface area contributed by atoms with Crippen LogP contribution in [-0.4, -0.2) is 30.8 Å². The molecular formula is C72H47IrN5O2S-2. The molecule has 0 fully saturated rings. The molecule has 16 rings (SSSR count). The number of aromatic nitrogens is 5. The minimum atomic E-state index is 0. The molecule has 0 saturated heterocycles. The van der Waals surface area contributed by atoms with Crippen LogP contribution in [0.4, 0.5) is 0 Å². The molecule has 389 valence electrons. The van der Waals surface area contributed by atoms with Gasteiger partial charge in [-0.15, -0.1) is 11.5 Å². The van der Waals surface area contributed by atoms with Gasteiger partial charge in [0.1, 0.15) is 16.9 Å². The molecular weight excluding hydrogens is 1190 g/mol. The summed E-state index contributed by atoms with van der Waals surface area (Å²) < 4.78 is 19.6. The number of benzene rings is 10. The van der Waals surface area contributed by atoms with Crippen LogP contribution in [0.5, 0.6) is 5.75 Å². The van der Waals surface area contributed by atoms with Gasteiger partial charge in [0.05, 0.1) is 24.3 Å². The first-order chi connectivity index (χ1) is 39.5. The van der Waals surface area contributed by atoms with E-state index in [2.05, 4.69) is 214 Å². The van der Waals surface area contributed by atoms with Crippen molar-refractivity contribution in [1.29, 1.82) is 0 Å². The average Bonchev–Trinajstić information content (AvgIpc) is 4.54. The second kappa shape index (κ2) is 20.5. The molecule has 81 heavy (non-hydrogen) atoms. The van der Waals surface area contributed by atoms with Crippen LogP contribution in [0.15, 0.2) is 253 Å². The Morgan fingerprint density at radius 3 is 1.96 bits per heavy atom. The topological polar surface area (TPSA) is 62.4 Å². The van der Waals surface area contributed by atoms with Crippen LogP contribution in [-0.2, 0) is 20.1 Å². The summed E-state index contributed by atoms with van der Waals surface area (Å²) in [5.74, 6) is 0.891. The summed E-state index contributed by atoms with van der Waals surface area (Å²) in [6, 6.07) is 83.8. The standard InChI is InChI=1S/C43H24N3OS.C29H23N2O.Ir/c1-3-10-38-31(8-1)34-23-27(29-14-17-41-35(24-29)32-9-2-4-11-40(32)47-41)13-16-39(34)46(38)30-7-5-6-26(22-30)28-12-15-37-36(25-28)42-33(18-21-48-42)43-44-19-20-45(37)43;1-21-17-27(23-9-5-3-6-10-23)29(32-2)28(18-21)24-15-13-22(14-16-24)25-19-30-31(20-25)26-11-7-4-8-12-26;/h1-17,19-25H;3-11,13-20H,1-2H3;/q2*-1;.